The van der Waals surface area contributed by atoms with Crippen molar-refractivity contribution in [3.05, 3.63) is 40.9 Å². The molecule has 1 aromatic heterocycles. The number of halogens is 1. The van der Waals surface area contributed by atoms with Crippen LogP contribution in [0.2, 0.25) is 5.02 Å². The van der Waals surface area contributed by atoms with Crippen LogP contribution in [-0.4, -0.2) is 82.6 Å². The Kier molecular flexibility index (Phi) is 6.41. The molecule has 3 fully saturated rings. The van der Waals surface area contributed by atoms with Gasteiger partial charge in [0.05, 0.1) is 5.41 Å². The molecule has 0 unspecified atom stereocenters. The van der Waals surface area contributed by atoms with E-state index >= 15 is 0 Å². The molecule has 0 saturated carbocycles. The number of amides is 2. The van der Waals surface area contributed by atoms with Gasteiger partial charge in [-0.15, -0.1) is 4.73 Å². The van der Waals surface area contributed by atoms with Crippen molar-refractivity contribution in [2.75, 3.05) is 50.7 Å². The number of carbonyl (C=O) groups excluding carboxylic acids is 2. The molecule has 1 aromatic carbocycles. The Bertz CT molecular complexity index is 1090. The Morgan fingerprint density at radius 2 is 1.69 bits per heavy atom. The third-order valence-electron chi connectivity index (χ3n) is 7.47. The van der Waals surface area contributed by atoms with Gasteiger partial charge in [-0.1, -0.05) is 17.7 Å². The van der Waals surface area contributed by atoms with Gasteiger partial charge in [-0.05, 0) is 37.0 Å². The minimum atomic E-state index is -0.628. The van der Waals surface area contributed by atoms with Gasteiger partial charge in [0, 0.05) is 75.2 Å². The molecule has 0 aliphatic carbocycles. The van der Waals surface area contributed by atoms with Crippen molar-refractivity contribution >= 4 is 29.3 Å². The number of benzene rings is 1. The van der Waals surface area contributed by atoms with Crippen molar-refractivity contribution in [2.24, 2.45) is 5.41 Å². The molecule has 35 heavy (non-hydrogen) atoms. The maximum Gasteiger partial charge on any atom is 0.434 e. The highest BCUT2D eigenvalue weighted by Crippen LogP contribution is 2.40. The molecule has 2 amide bonds. The third-order valence-corrected chi connectivity index (χ3v) is 7.71. The third kappa shape index (κ3) is 4.72. The largest absolute Gasteiger partial charge is 0.492 e. The number of aromatic nitrogens is 1. The van der Waals surface area contributed by atoms with Gasteiger partial charge in [0.15, 0.2) is 0 Å². The molecule has 4 heterocycles. The van der Waals surface area contributed by atoms with E-state index in [0.29, 0.717) is 35.9 Å². The fourth-order valence-electron chi connectivity index (χ4n) is 5.29. The quantitative estimate of drug-likeness (QED) is 0.585. The van der Waals surface area contributed by atoms with E-state index in [9.17, 15) is 19.8 Å². The average molecular weight is 504 g/mol. The fourth-order valence-corrected chi connectivity index (χ4v) is 5.46. The van der Waals surface area contributed by atoms with E-state index in [0.717, 1.165) is 51.1 Å². The van der Waals surface area contributed by atoms with Crippen LogP contribution in [0.15, 0.2) is 30.3 Å². The standard InChI is InChI=1S/C24H30ClN5O5/c25-18-2-1-17(19(15-18)28-9-6-24(7-10-28)5-8-26-22(24)33)16-27-11-13-29(14-12-27)23(34)35-30-20(31)3-4-21(30)32/h1-4,15,31-32H,5-14,16H2,(H,26,33). The van der Waals surface area contributed by atoms with Gasteiger partial charge >= 0.3 is 6.09 Å². The molecule has 5 rings (SSSR count). The van der Waals surface area contributed by atoms with Crippen molar-refractivity contribution < 1.29 is 24.6 Å². The number of hydrogen-bond donors (Lipinski definition) is 3. The summed E-state index contributed by atoms with van der Waals surface area (Å²) in [6, 6.07) is 8.46. The number of rotatable bonds is 4. The first-order chi connectivity index (χ1) is 16.8. The lowest BCUT2D eigenvalue weighted by molar-refractivity contribution is -0.128. The summed E-state index contributed by atoms with van der Waals surface area (Å²) < 4.78 is 0.701. The molecular weight excluding hydrogens is 474 g/mol. The minimum absolute atomic E-state index is 0.196. The second kappa shape index (κ2) is 9.50. The van der Waals surface area contributed by atoms with Crippen molar-refractivity contribution in [3.8, 4) is 11.8 Å². The van der Waals surface area contributed by atoms with Crippen LogP contribution in [-0.2, 0) is 11.3 Å². The van der Waals surface area contributed by atoms with E-state index in [1.54, 1.807) is 4.90 Å². The lowest BCUT2D eigenvalue weighted by atomic mass is 9.77. The number of anilines is 1. The maximum absolute atomic E-state index is 12.5. The number of piperazine rings is 1. The Hall–Kier alpha value is -3.11. The molecule has 0 radical (unpaired) electrons. The first kappa shape index (κ1) is 23.6. The first-order valence-electron chi connectivity index (χ1n) is 12.0. The number of nitrogens with one attached hydrogen (secondary N) is 1. The van der Waals surface area contributed by atoms with Gasteiger partial charge in [0.2, 0.25) is 17.7 Å². The van der Waals surface area contributed by atoms with Crippen LogP contribution in [0.5, 0.6) is 11.8 Å². The predicted octanol–water partition coefficient (Wildman–Crippen LogP) is 2.03. The summed E-state index contributed by atoms with van der Waals surface area (Å²) in [6.07, 6.45) is 1.98. The van der Waals surface area contributed by atoms with Crippen molar-refractivity contribution in [3.63, 3.8) is 0 Å². The van der Waals surface area contributed by atoms with Crippen LogP contribution in [0.25, 0.3) is 0 Å². The zero-order valence-corrected chi connectivity index (χ0v) is 20.2. The normalized spacial score (nSPS) is 20.3. The monoisotopic (exact) mass is 503 g/mol. The zero-order valence-electron chi connectivity index (χ0n) is 19.5. The van der Waals surface area contributed by atoms with Gasteiger partial charge in [-0.3, -0.25) is 9.69 Å². The summed E-state index contributed by atoms with van der Waals surface area (Å²) in [4.78, 5) is 36.1. The second-order valence-electron chi connectivity index (χ2n) is 9.51. The molecule has 0 atom stereocenters. The molecule has 3 aliphatic rings. The molecule has 10 nitrogen and oxygen atoms in total. The summed E-state index contributed by atoms with van der Waals surface area (Å²) in [5.41, 5.74) is 2.06. The van der Waals surface area contributed by atoms with Crippen LogP contribution in [0.1, 0.15) is 24.8 Å². The molecule has 1 spiro atoms. The van der Waals surface area contributed by atoms with E-state index in [4.69, 9.17) is 16.4 Å². The Balaban J connectivity index is 1.19. The lowest BCUT2D eigenvalue weighted by Crippen LogP contribution is -2.50. The van der Waals surface area contributed by atoms with Gasteiger partial charge in [0.25, 0.3) is 0 Å². The molecule has 0 bridgehead atoms. The van der Waals surface area contributed by atoms with Crippen LogP contribution in [0.3, 0.4) is 0 Å². The average Bonchev–Trinajstić information content (AvgIpc) is 3.37. The fraction of sp³-hybridized carbons (Fsp3) is 0.500. The summed E-state index contributed by atoms with van der Waals surface area (Å²) in [5, 5.41) is 23.0. The highest BCUT2D eigenvalue weighted by atomic mass is 35.5. The highest BCUT2D eigenvalue weighted by molar-refractivity contribution is 6.30. The summed E-state index contributed by atoms with van der Waals surface area (Å²) in [6.45, 7) is 5.37. The molecule has 3 aliphatic heterocycles. The second-order valence-corrected chi connectivity index (χ2v) is 9.95. The minimum Gasteiger partial charge on any atom is -0.492 e. The zero-order chi connectivity index (χ0) is 24.6. The number of hydrogen-bond acceptors (Lipinski definition) is 7. The van der Waals surface area contributed by atoms with Crippen LogP contribution in [0, 0.1) is 5.41 Å². The van der Waals surface area contributed by atoms with Crippen LogP contribution < -0.4 is 15.1 Å². The van der Waals surface area contributed by atoms with Crippen molar-refractivity contribution in [1.29, 1.82) is 0 Å². The Morgan fingerprint density at radius 1 is 1.00 bits per heavy atom. The number of carbonyl (C=O) groups is 2. The van der Waals surface area contributed by atoms with E-state index < -0.39 is 6.09 Å². The number of aromatic hydroxyl groups is 2. The van der Waals surface area contributed by atoms with Crippen molar-refractivity contribution in [1.82, 2.24) is 19.8 Å². The SMILES string of the molecule is O=C(On1c(O)ccc1O)N1CCN(Cc2ccc(Cl)cc2N2CCC3(CCNC3=O)CC2)CC1. The molecule has 11 heteroatoms. The smallest absolute Gasteiger partial charge is 0.434 e. The lowest BCUT2D eigenvalue weighted by Gasteiger charge is -2.40. The Morgan fingerprint density at radius 3 is 2.31 bits per heavy atom. The van der Waals surface area contributed by atoms with E-state index in [-0.39, 0.29) is 23.1 Å². The summed E-state index contributed by atoms with van der Waals surface area (Å²) in [7, 11) is 0. The van der Waals surface area contributed by atoms with E-state index in [1.807, 2.05) is 12.1 Å². The van der Waals surface area contributed by atoms with E-state index in [2.05, 4.69) is 21.2 Å². The molecule has 3 N–H and O–H groups in total. The van der Waals surface area contributed by atoms with Gasteiger partial charge in [-0.2, -0.15) is 0 Å². The number of piperidine rings is 1. The van der Waals surface area contributed by atoms with Crippen LogP contribution >= 0.6 is 11.6 Å². The summed E-state index contributed by atoms with van der Waals surface area (Å²) in [5.74, 6) is -0.494. The highest BCUT2D eigenvalue weighted by Gasteiger charge is 2.44. The van der Waals surface area contributed by atoms with Gasteiger partial charge < -0.3 is 30.2 Å². The summed E-state index contributed by atoms with van der Waals surface area (Å²) >= 11 is 6.36. The molecular formula is C24H30ClN5O5. The van der Waals surface area contributed by atoms with Gasteiger partial charge in [0.1, 0.15) is 0 Å². The van der Waals surface area contributed by atoms with Crippen LogP contribution in [0.4, 0.5) is 10.5 Å². The van der Waals surface area contributed by atoms with E-state index in [1.165, 1.54) is 17.7 Å². The molecule has 188 valence electrons. The predicted molar refractivity (Wildman–Crippen MR) is 130 cm³/mol. The van der Waals surface area contributed by atoms with Gasteiger partial charge in [-0.25, -0.2) is 4.79 Å². The molecule has 3 saturated heterocycles. The van der Waals surface area contributed by atoms with Crippen molar-refractivity contribution in [2.45, 2.75) is 25.8 Å². The number of nitrogens with zero attached hydrogens (tertiary/aromatic N) is 4. The molecule has 2 aromatic rings. The maximum atomic E-state index is 12.5. The first-order valence-corrected chi connectivity index (χ1v) is 12.3. The topological polar surface area (TPSA) is 111 Å². The Labute approximate surface area is 208 Å².